The standard InChI is InChI=1S/C12H10F2N2O3/c1-19-8-4-9(12(17)18)16(6-8)5-7-2-3-15-11(14)10(7)13/h2-4,6H,5H2,1H3,(H,17,18)/i1D3. The van der Waals surface area contributed by atoms with Crippen molar-refractivity contribution in [2.24, 2.45) is 0 Å². The Labute approximate surface area is 111 Å². The van der Waals surface area contributed by atoms with Crippen LogP contribution in [0.15, 0.2) is 24.5 Å². The number of hydrogen-bond donors (Lipinski definition) is 1. The zero-order chi connectivity index (χ0) is 16.5. The molecule has 0 amide bonds. The van der Waals surface area contributed by atoms with Gasteiger partial charge in [0, 0.05) is 24.0 Å². The molecule has 0 fully saturated rings. The van der Waals surface area contributed by atoms with Gasteiger partial charge in [0.15, 0.2) is 5.82 Å². The number of methoxy groups -OCH3 is 1. The summed E-state index contributed by atoms with van der Waals surface area (Å²) in [6, 6.07) is 2.18. The van der Waals surface area contributed by atoms with Crippen molar-refractivity contribution in [1.82, 2.24) is 9.55 Å². The van der Waals surface area contributed by atoms with Gasteiger partial charge in [0.25, 0.3) is 0 Å². The van der Waals surface area contributed by atoms with Crippen molar-refractivity contribution in [2.45, 2.75) is 6.54 Å². The molecule has 0 saturated heterocycles. The molecule has 2 heterocycles. The van der Waals surface area contributed by atoms with Crippen molar-refractivity contribution in [3.8, 4) is 5.75 Å². The second-order valence-corrected chi connectivity index (χ2v) is 3.67. The minimum atomic E-state index is -2.75. The number of carboxylic acids is 1. The summed E-state index contributed by atoms with van der Waals surface area (Å²) in [7, 11) is -2.75. The molecule has 0 aliphatic carbocycles. The average Bonchev–Trinajstić information content (AvgIpc) is 2.75. The summed E-state index contributed by atoms with van der Waals surface area (Å²) >= 11 is 0. The molecule has 19 heavy (non-hydrogen) atoms. The third kappa shape index (κ3) is 2.54. The summed E-state index contributed by atoms with van der Waals surface area (Å²) in [6.07, 6.45) is 2.13. The lowest BCUT2D eigenvalue weighted by Crippen LogP contribution is -2.10. The van der Waals surface area contributed by atoms with Gasteiger partial charge in [-0.25, -0.2) is 14.2 Å². The summed E-state index contributed by atoms with van der Waals surface area (Å²) in [5, 5.41) is 9.08. The van der Waals surface area contributed by atoms with Gasteiger partial charge in [0.2, 0.25) is 5.95 Å². The Bertz CT molecular complexity index is 716. The van der Waals surface area contributed by atoms with E-state index in [1.54, 1.807) is 0 Å². The van der Waals surface area contributed by atoms with Gasteiger partial charge in [-0.1, -0.05) is 0 Å². The first kappa shape index (κ1) is 9.48. The fourth-order valence-corrected chi connectivity index (χ4v) is 1.61. The minimum Gasteiger partial charge on any atom is -0.495 e. The molecule has 5 nitrogen and oxygen atoms in total. The molecule has 0 unspecified atom stereocenters. The summed E-state index contributed by atoms with van der Waals surface area (Å²) in [4.78, 5) is 14.3. The molecular formula is C12H10F2N2O3. The zero-order valence-electron chi connectivity index (χ0n) is 12.4. The van der Waals surface area contributed by atoms with E-state index in [1.165, 1.54) is 6.07 Å². The number of nitrogens with zero attached hydrogens (tertiary/aromatic N) is 2. The van der Waals surface area contributed by atoms with Crippen molar-refractivity contribution in [1.29, 1.82) is 0 Å². The van der Waals surface area contributed by atoms with E-state index in [4.69, 9.17) is 9.22 Å². The Morgan fingerprint density at radius 1 is 1.63 bits per heavy atom. The molecule has 100 valence electrons. The van der Waals surface area contributed by atoms with Gasteiger partial charge >= 0.3 is 5.97 Å². The molecule has 0 aliphatic rings. The topological polar surface area (TPSA) is 64.3 Å². The number of hydrogen-bond acceptors (Lipinski definition) is 3. The highest BCUT2D eigenvalue weighted by Crippen LogP contribution is 2.19. The highest BCUT2D eigenvalue weighted by molar-refractivity contribution is 5.86. The number of halogens is 2. The zero-order valence-corrected chi connectivity index (χ0v) is 9.43. The highest BCUT2D eigenvalue weighted by atomic mass is 19.2. The van der Waals surface area contributed by atoms with Crippen LogP contribution in [-0.2, 0) is 6.54 Å². The van der Waals surface area contributed by atoms with Crippen LogP contribution in [0.1, 0.15) is 20.2 Å². The van der Waals surface area contributed by atoms with Gasteiger partial charge in [-0.15, -0.1) is 0 Å². The van der Waals surface area contributed by atoms with Gasteiger partial charge in [0.05, 0.1) is 17.7 Å². The number of ether oxygens (including phenoxy) is 1. The minimum absolute atomic E-state index is 0.133. The van der Waals surface area contributed by atoms with E-state index in [0.29, 0.717) is 0 Å². The Balaban J connectivity index is 2.37. The lowest BCUT2D eigenvalue weighted by molar-refractivity contribution is 0.0685. The predicted octanol–water partition coefficient (Wildman–Crippen LogP) is 1.92. The van der Waals surface area contributed by atoms with E-state index in [-0.39, 0.29) is 23.6 Å². The molecule has 0 atom stereocenters. The number of carbonyl (C=O) groups is 1. The molecule has 7 heteroatoms. The van der Waals surface area contributed by atoms with Crippen LogP contribution in [0, 0.1) is 11.8 Å². The Morgan fingerprint density at radius 2 is 2.42 bits per heavy atom. The quantitative estimate of drug-likeness (QED) is 0.863. The first-order valence-electron chi connectivity index (χ1n) is 6.59. The van der Waals surface area contributed by atoms with Gasteiger partial charge in [-0.05, 0) is 6.07 Å². The van der Waals surface area contributed by atoms with Crippen molar-refractivity contribution >= 4 is 5.97 Å². The van der Waals surface area contributed by atoms with Crippen molar-refractivity contribution in [2.75, 3.05) is 7.04 Å². The average molecular weight is 271 g/mol. The number of aromatic nitrogens is 2. The van der Waals surface area contributed by atoms with Crippen LogP contribution >= 0.6 is 0 Å². The van der Waals surface area contributed by atoms with E-state index in [2.05, 4.69) is 9.72 Å². The maximum Gasteiger partial charge on any atom is 0.352 e. The lowest BCUT2D eigenvalue weighted by atomic mass is 10.2. The molecule has 0 aliphatic heterocycles. The lowest BCUT2D eigenvalue weighted by Gasteiger charge is -2.07. The van der Waals surface area contributed by atoms with Gasteiger partial charge in [-0.2, -0.15) is 4.39 Å². The molecule has 0 saturated carbocycles. The molecule has 0 bridgehead atoms. The molecule has 2 aromatic heterocycles. The molecular weight excluding hydrogens is 258 g/mol. The second-order valence-electron chi connectivity index (χ2n) is 3.67. The van der Waals surface area contributed by atoms with E-state index in [9.17, 15) is 13.6 Å². The monoisotopic (exact) mass is 271 g/mol. The van der Waals surface area contributed by atoms with Crippen molar-refractivity contribution in [3.63, 3.8) is 0 Å². The fourth-order valence-electron chi connectivity index (χ4n) is 1.61. The number of carboxylic acid groups (broad SMARTS) is 1. The normalized spacial score (nSPS) is 13.5. The largest absolute Gasteiger partial charge is 0.495 e. The Morgan fingerprint density at radius 3 is 3.11 bits per heavy atom. The highest BCUT2D eigenvalue weighted by Gasteiger charge is 2.16. The van der Waals surface area contributed by atoms with Crippen LogP contribution in [0.5, 0.6) is 5.75 Å². The van der Waals surface area contributed by atoms with Crippen LogP contribution in [0.25, 0.3) is 0 Å². The van der Waals surface area contributed by atoms with E-state index in [0.717, 1.165) is 23.0 Å². The summed E-state index contributed by atoms with van der Waals surface area (Å²) < 4.78 is 53.2. The first-order chi connectivity index (χ1) is 10.2. The number of rotatable bonds is 4. The summed E-state index contributed by atoms with van der Waals surface area (Å²) in [6.45, 7) is -0.322. The maximum absolute atomic E-state index is 13.6. The molecule has 0 spiro atoms. The van der Waals surface area contributed by atoms with Gasteiger partial charge in [-0.3, -0.25) is 0 Å². The molecule has 0 aromatic carbocycles. The smallest absolute Gasteiger partial charge is 0.352 e. The maximum atomic E-state index is 13.6. The van der Waals surface area contributed by atoms with Crippen molar-refractivity contribution < 1.29 is 27.5 Å². The third-order valence-corrected chi connectivity index (χ3v) is 2.48. The molecule has 0 radical (unpaired) electrons. The van der Waals surface area contributed by atoms with Crippen LogP contribution in [0.2, 0.25) is 0 Å². The van der Waals surface area contributed by atoms with Crippen LogP contribution in [0.4, 0.5) is 8.78 Å². The van der Waals surface area contributed by atoms with Crippen LogP contribution in [0.3, 0.4) is 0 Å². The van der Waals surface area contributed by atoms with Crippen LogP contribution < -0.4 is 4.74 Å². The third-order valence-electron chi connectivity index (χ3n) is 2.48. The SMILES string of the molecule is [2H]C([2H])([2H])Oc1cc(C(=O)O)n(Cc2ccnc(F)c2F)c1. The predicted molar refractivity (Wildman–Crippen MR) is 61.2 cm³/mol. The molecule has 2 rings (SSSR count). The second kappa shape index (κ2) is 5.05. The Kier molecular flexibility index (Phi) is 2.52. The van der Waals surface area contributed by atoms with Gasteiger partial charge in [0.1, 0.15) is 11.4 Å². The summed E-state index contributed by atoms with van der Waals surface area (Å²) in [5.74, 6) is -4.09. The summed E-state index contributed by atoms with van der Waals surface area (Å²) in [5.41, 5.74) is -0.457. The van der Waals surface area contributed by atoms with Gasteiger partial charge < -0.3 is 14.4 Å². The molecule has 1 N–H and O–H groups in total. The van der Waals surface area contributed by atoms with E-state index in [1.807, 2.05) is 0 Å². The Hall–Kier alpha value is -2.44. The first-order valence-corrected chi connectivity index (χ1v) is 5.09. The van der Waals surface area contributed by atoms with E-state index < -0.39 is 24.8 Å². The van der Waals surface area contributed by atoms with Crippen LogP contribution in [-0.4, -0.2) is 27.7 Å². The van der Waals surface area contributed by atoms with E-state index >= 15 is 0 Å². The number of aromatic carboxylic acids is 1. The van der Waals surface area contributed by atoms with Crippen molar-refractivity contribution in [3.05, 3.63) is 47.5 Å². The fraction of sp³-hybridized carbons (Fsp3) is 0.167. The number of pyridine rings is 1. The molecule has 2 aromatic rings.